The molecule has 0 saturated heterocycles. The summed E-state index contributed by atoms with van der Waals surface area (Å²) in [6.45, 7) is 16.0. The summed E-state index contributed by atoms with van der Waals surface area (Å²) in [6, 6.07) is 2.23. The van der Waals surface area contributed by atoms with Crippen LogP contribution in [0, 0.1) is 27.7 Å². The predicted octanol–water partition coefficient (Wildman–Crippen LogP) is 4.86. The Labute approximate surface area is 137 Å². The molecule has 1 aromatic rings. The fourth-order valence-electron chi connectivity index (χ4n) is 3.14. The van der Waals surface area contributed by atoms with Crippen molar-refractivity contribution in [3.8, 4) is 0 Å². The van der Waals surface area contributed by atoms with Crippen molar-refractivity contribution in [1.82, 2.24) is 4.90 Å². The number of nitrogens with zero attached hydrogens (tertiary/aromatic N) is 1. The average molecular weight is 306 g/mol. The Morgan fingerprint density at radius 3 is 1.77 bits per heavy atom. The summed E-state index contributed by atoms with van der Waals surface area (Å²) in [6.07, 6.45) is 4.45. The molecule has 0 radical (unpaired) electrons. The maximum Gasteiger partial charge on any atom is 0.0922 e. The molecule has 2 heteroatoms. The molecule has 0 aliphatic heterocycles. The van der Waals surface area contributed by atoms with Crippen LogP contribution in [0.2, 0.25) is 0 Å². The van der Waals surface area contributed by atoms with Gasteiger partial charge in [-0.25, -0.2) is 0 Å². The van der Waals surface area contributed by atoms with Gasteiger partial charge in [0.15, 0.2) is 0 Å². The highest BCUT2D eigenvalue weighted by atomic mass is 16.3. The minimum absolute atomic E-state index is 0.382. The van der Waals surface area contributed by atoms with Crippen molar-refractivity contribution < 1.29 is 5.11 Å². The largest absolute Gasteiger partial charge is 0.387 e. The van der Waals surface area contributed by atoms with Gasteiger partial charge in [-0.3, -0.25) is 0 Å². The van der Waals surface area contributed by atoms with Crippen molar-refractivity contribution in [3.63, 3.8) is 0 Å². The van der Waals surface area contributed by atoms with Crippen LogP contribution in [0.3, 0.4) is 0 Å². The van der Waals surface area contributed by atoms with Crippen molar-refractivity contribution in [2.75, 3.05) is 19.6 Å². The van der Waals surface area contributed by atoms with Gasteiger partial charge in [0.2, 0.25) is 0 Å². The number of benzene rings is 1. The standard InChI is InChI=1S/C20H35NO/c1-7-9-11-21(12-10-8-2)14-19(22)20-17(5)15(3)13-16(4)18(20)6/h13,19,22H,7-12,14H2,1-6H3. The van der Waals surface area contributed by atoms with Crippen LogP contribution in [0.4, 0.5) is 0 Å². The lowest BCUT2D eigenvalue weighted by Crippen LogP contribution is -2.31. The summed E-state index contributed by atoms with van der Waals surface area (Å²) >= 11 is 0. The van der Waals surface area contributed by atoms with E-state index in [1.807, 2.05) is 0 Å². The molecular formula is C20H35NO. The van der Waals surface area contributed by atoms with Crippen LogP contribution in [-0.4, -0.2) is 29.6 Å². The van der Waals surface area contributed by atoms with E-state index >= 15 is 0 Å². The van der Waals surface area contributed by atoms with Crippen LogP contribution in [0.5, 0.6) is 0 Å². The molecule has 1 unspecified atom stereocenters. The molecule has 0 aromatic heterocycles. The SMILES string of the molecule is CCCCN(CCCC)CC(O)c1c(C)c(C)cc(C)c1C. The number of aliphatic hydroxyl groups is 1. The molecule has 0 fully saturated rings. The minimum Gasteiger partial charge on any atom is -0.387 e. The lowest BCUT2D eigenvalue weighted by molar-refractivity contribution is 0.110. The topological polar surface area (TPSA) is 23.5 Å². The van der Waals surface area contributed by atoms with Crippen LogP contribution in [0.25, 0.3) is 0 Å². The fraction of sp³-hybridized carbons (Fsp3) is 0.700. The molecule has 2 nitrogen and oxygen atoms in total. The number of hydrogen-bond acceptors (Lipinski definition) is 2. The third kappa shape index (κ3) is 5.10. The molecule has 0 amide bonds. The van der Waals surface area contributed by atoms with Crippen molar-refractivity contribution in [2.24, 2.45) is 0 Å². The number of aliphatic hydroxyl groups excluding tert-OH is 1. The van der Waals surface area contributed by atoms with E-state index < -0.39 is 0 Å². The van der Waals surface area contributed by atoms with Gasteiger partial charge in [-0.05, 0) is 81.4 Å². The fourth-order valence-corrected chi connectivity index (χ4v) is 3.14. The van der Waals surface area contributed by atoms with Crippen molar-refractivity contribution >= 4 is 0 Å². The summed E-state index contributed by atoms with van der Waals surface area (Å²) in [5, 5.41) is 10.9. The van der Waals surface area contributed by atoms with Gasteiger partial charge < -0.3 is 10.0 Å². The quantitative estimate of drug-likeness (QED) is 0.704. The molecule has 0 bridgehead atoms. The van der Waals surface area contributed by atoms with Crippen molar-refractivity contribution in [2.45, 2.75) is 73.3 Å². The Kier molecular flexibility index (Phi) is 8.13. The predicted molar refractivity (Wildman–Crippen MR) is 96.6 cm³/mol. The first kappa shape index (κ1) is 19.2. The summed E-state index contributed by atoms with van der Waals surface area (Å²) in [4.78, 5) is 2.44. The number of hydrogen-bond donors (Lipinski definition) is 1. The zero-order valence-corrected chi connectivity index (χ0v) is 15.5. The third-order valence-corrected chi connectivity index (χ3v) is 4.84. The maximum atomic E-state index is 10.9. The lowest BCUT2D eigenvalue weighted by atomic mass is 9.90. The third-order valence-electron chi connectivity index (χ3n) is 4.84. The van der Waals surface area contributed by atoms with Crippen LogP contribution in [0.15, 0.2) is 6.07 Å². The molecule has 22 heavy (non-hydrogen) atoms. The highest BCUT2D eigenvalue weighted by Crippen LogP contribution is 2.28. The minimum atomic E-state index is -0.382. The summed E-state index contributed by atoms with van der Waals surface area (Å²) in [7, 11) is 0. The van der Waals surface area contributed by atoms with Gasteiger partial charge in [-0.1, -0.05) is 32.8 Å². The van der Waals surface area contributed by atoms with Gasteiger partial charge in [-0.2, -0.15) is 0 Å². The second-order valence-electron chi connectivity index (χ2n) is 6.70. The number of rotatable bonds is 9. The highest BCUT2D eigenvalue weighted by Gasteiger charge is 2.19. The van der Waals surface area contributed by atoms with E-state index in [2.05, 4.69) is 52.5 Å². The first-order chi connectivity index (χ1) is 10.4. The molecule has 0 aliphatic carbocycles. The molecule has 0 spiro atoms. The smallest absolute Gasteiger partial charge is 0.0922 e. The van der Waals surface area contributed by atoms with Gasteiger partial charge in [0.1, 0.15) is 0 Å². The molecule has 126 valence electrons. The molecule has 1 atom stereocenters. The molecule has 1 aromatic carbocycles. The summed E-state index contributed by atoms with van der Waals surface area (Å²) < 4.78 is 0. The van der Waals surface area contributed by atoms with E-state index in [-0.39, 0.29) is 6.10 Å². The maximum absolute atomic E-state index is 10.9. The van der Waals surface area contributed by atoms with Gasteiger partial charge in [0.25, 0.3) is 0 Å². The van der Waals surface area contributed by atoms with Crippen LogP contribution >= 0.6 is 0 Å². The van der Waals surface area contributed by atoms with Gasteiger partial charge in [-0.15, -0.1) is 0 Å². The van der Waals surface area contributed by atoms with Crippen LogP contribution < -0.4 is 0 Å². The van der Waals surface area contributed by atoms with Crippen molar-refractivity contribution in [1.29, 1.82) is 0 Å². The van der Waals surface area contributed by atoms with E-state index in [4.69, 9.17) is 0 Å². The first-order valence-corrected chi connectivity index (χ1v) is 8.90. The number of aryl methyl sites for hydroxylation is 2. The van der Waals surface area contributed by atoms with E-state index in [9.17, 15) is 5.11 Å². The van der Waals surface area contributed by atoms with Crippen LogP contribution in [0.1, 0.15) is 73.5 Å². The lowest BCUT2D eigenvalue weighted by Gasteiger charge is -2.27. The highest BCUT2D eigenvalue weighted by molar-refractivity contribution is 5.45. The van der Waals surface area contributed by atoms with Crippen LogP contribution in [-0.2, 0) is 0 Å². The number of unbranched alkanes of at least 4 members (excludes halogenated alkanes) is 2. The first-order valence-electron chi connectivity index (χ1n) is 8.90. The average Bonchev–Trinajstić information content (AvgIpc) is 2.48. The van der Waals surface area contributed by atoms with Crippen molar-refractivity contribution in [3.05, 3.63) is 33.9 Å². The summed E-state index contributed by atoms with van der Waals surface area (Å²) in [5.74, 6) is 0. The molecular weight excluding hydrogens is 270 g/mol. The van der Waals surface area contributed by atoms with Gasteiger partial charge in [0.05, 0.1) is 6.10 Å². The Morgan fingerprint density at radius 2 is 1.36 bits per heavy atom. The molecule has 0 heterocycles. The Balaban J connectivity index is 2.91. The molecule has 1 rings (SSSR count). The van der Waals surface area contributed by atoms with E-state index in [1.54, 1.807) is 0 Å². The Morgan fingerprint density at radius 1 is 0.909 bits per heavy atom. The van der Waals surface area contributed by atoms with E-state index in [0.717, 1.165) is 25.2 Å². The van der Waals surface area contributed by atoms with E-state index in [0.29, 0.717) is 0 Å². The molecule has 1 N–H and O–H groups in total. The zero-order valence-electron chi connectivity index (χ0n) is 15.5. The Bertz CT molecular complexity index is 433. The van der Waals surface area contributed by atoms with Gasteiger partial charge >= 0.3 is 0 Å². The molecule has 0 aliphatic rings. The van der Waals surface area contributed by atoms with Gasteiger partial charge in [0, 0.05) is 6.54 Å². The Hall–Kier alpha value is -0.860. The second-order valence-corrected chi connectivity index (χ2v) is 6.70. The normalized spacial score (nSPS) is 12.9. The zero-order chi connectivity index (χ0) is 16.7. The molecule has 0 saturated carbocycles. The van der Waals surface area contributed by atoms with E-state index in [1.165, 1.54) is 47.9 Å². The monoisotopic (exact) mass is 305 g/mol. The second kappa shape index (κ2) is 9.32. The summed E-state index contributed by atoms with van der Waals surface area (Å²) in [5.41, 5.74) is 6.22.